The summed E-state index contributed by atoms with van der Waals surface area (Å²) in [6, 6.07) is 0. The number of aryl methyl sites for hydroxylation is 2. The van der Waals surface area contributed by atoms with E-state index in [0.717, 1.165) is 37.7 Å². The summed E-state index contributed by atoms with van der Waals surface area (Å²) in [5.74, 6) is 0.882. The second kappa shape index (κ2) is 9.96. The number of aliphatic imine (C=N–C) groups is 1. The van der Waals surface area contributed by atoms with Gasteiger partial charge in [-0.15, -0.1) is 11.3 Å². The van der Waals surface area contributed by atoms with Gasteiger partial charge in [0, 0.05) is 64.2 Å². The van der Waals surface area contributed by atoms with Gasteiger partial charge in [0.15, 0.2) is 5.96 Å². The number of hydrogen-bond acceptors (Lipinski definition) is 5. The molecule has 1 fully saturated rings. The average Bonchev–Trinajstić information content (AvgIpc) is 2.92. The van der Waals surface area contributed by atoms with Crippen LogP contribution in [0.15, 0.2) is 4.99 Å². The maximum absolute atomic E-state index is 4.58. The molecule has 2 rings (SSSR count). The van der Waals surface area contributed by atoms with E-state index in [1.165, 1.54) is 42.6 Å². The van der Waals surface area contributed by atoms with Crippen LogP contribution in [0.2, 0.25) is 0 Å². The van der Waals surface area contributed by atoms with Gasteiger partial charge in [-0.05, 0) is 20.4 Å². The fourth-order valence-corrected chi connectivity index (χ4v) is 3.75. The van der Waals surface area contributed by atoms with E-state index in [4.69, 9.17) is 0 Å². The van der Waals surface area contributed by atoms with Crippen molar-refractivity contribution < 1.29 is 0 Å². The number of hydrogen-bond donors (Lipinski definition) is 2. The highest BCUT2D eigenvalue weighted by Crippen LogP contribution is 2.16. The topological polar surface area (TPSA) is 55.8 Å². The fraction of sp³-hybridized carbons (Fsp3) is 0.765. The summed E-state index contributed by atoms with van der Waals surface area (Å²) < 4.78 is 0. The summed E-state index contributed by atoms with van der Waals surface area (Å²) >= 11 is 1.79. The smallest absolute Gasteiger partial charge is 0.191 e. The van der Waals surface area contributed by atoms with Crippen LogP contribution in [0.5, 0.6) is 0 Å². The van der Waals surface area contributed by atoms with E-state index >= 15 is 0 Å². The molecular formula is C17H32N6S. The molecule has 0 unspecified atom stereocenters. The van der Waals surface area contributed by atoms with Crippen LogP contribution in [-0.4, -0.2) is 80.1 Å². The lowest BCUT2D eigenvalue weighted by atomic mass is 10.3. The van der Waals surface area contributed by atoms with Crippen LogP contribution in [-0.2, 0) is 6.42 Å². The number of likely N-dealkylation sites (N-methyl/N-ethyl adjacent to an activating group) is 1. The Balaban J connectivity index is 1.60. The van der Waals surface area contributed by atoms with Crippen molar-refractivity contribution in [3.8, 4) is 0 Å². The van der Waals surface area contributed by atoms with Crippen LogP contribution >= 0.6 is 11.3 Å². The molecule has 1 saturated heterocycles. The molecule has 0 radical (unpaired) electrons. The third-order valence-corrected chi connectivity index (χ3v) is 5.69. The first-order valence-corrected chi connectivity index (χ1v) is 9.76. The number of nitrogens with one attached hydrogen (secondary N) is 2. The number of aromatic nitrogens is 1. The van der Waals surface area contributed by atoms with Gasteiger partial charge in [-0.2, -0.15) is 0 Å². The SMILES string of the molecule is CCN1CCN(CCNC(=NC)NCCc2nc(C)c(C)s2)CC1. The Hall–Kier alpha value is -1.18. The van der Waals surface area contributed by atoms with E-state index in [2.05, 4.69) is 51.2 Å². The van der Waals surface area contributed by atoms with E-state index in [0.29, 0.717) is 0 Å². The lowest BCUT2D eigenvalue weighted by molar-refractivity contribution is 0.139. The Labute approximate surface area is 150 Å². The minimum atomic E-state index is 0.862. The monoisotopic (exact) mass is 352 g/mol. The number of piperazine rings is 1. The quantitative estimate of drug-likeness (QED) is 0.569. The fourth-order valence-electron chi connectivity index (χ4n) is 2.82. The molecule has 1 aliphatic heterocycles. The van der Waals surface area contributed by atoms with E-state index in [1.807, 2.05) is 7.05 Å². The Morgan fingerprint density at radius 3 is 2.38 bits per heavy atom. The first kappa shape index (κ1) is 19.1. The molecule has 0 bridgehead atoms. The number of guanidine groups is 1. The predicted octanol–water partition coefficient (Wildman–Crippen LogP) is 1.10. The highest BCUT2D eigenvalue weighted by molar-refractivity contribution is 7.11. The Bertz CT molecular complexity index is 500. The van der Waals surface area contributed by atoms with Crippen LogP contribution in [0, 0.1) is 13.8 Å². The molecule has 1 aromatic heterocycles. The zero-order chi connectivity index (χ0) is 17.4. The largest absolute Gasteiger partial charge is 0.356 e. The number of nitrogens with zero attached hydrogens (tertiary/aromatic N) is 4. The van der Waals surface area contributed by atoms with Gasteiger partial charge in [0.2, 0.25) is 0 Å². The average molecular weight is 353 g/mol. The van der Waals surface area contributed by atoms with Crippen molar-refractivity contribution >= 4 is 17.3 Å². The van der Waals surface area contributed by atoms with Crippen molar-refractivity contribution in [3.05, 3.63) is 15.6 Å². The van der Waals surface area contributed by atoms with E-state index < -0.39 is 0 Å². The van der Waals surface area contributed by atoms with Gasteiger partial charge in [0.25, 0.3) is 0 Å². The van der Waals surface area contributed by atoms with Crippen molar-refractivity contribution in [1.82, 2.24) is 25.4 Å². The molecule has 0 aliphatic carbocycles. The minimum absolute atomic E-state index is 0.862. The highest BCUT2D eigenvalue weighted by atomic mass is 32.1. The second-order valence-electron chi connectivity index (χ2n) is 6.20. The zero-order valence-corrected chi connectivity index (χ0v) is 16.4. The molecule has 1 aromatic rings. The Morgan fingerprint density at radius 1 is 1.12 bits per heavy atom. The van der Waals surface area contributed by atoms with Crippen molar-refractivity contribution in [1.29, 1.82) is 0 Å². The van der Waals surface area contributed by atoms with Gasteiger partial charge in [-0.3, -0.25) is 9.89 Å². The van der Waals surface area contributed by atoms with Crippen LogP contribution in [0.1, 0.15) is 22.5 Å². The molecule has 136 valence electrons. The van der Waals surface area contributed by atoms with E-state index in [1.54, 1.807) is 11.3 Å². The van der Waals surface area contributed by atoms with Crippen molar-refractivity contribution in [2.75, 3.05) is 59.4 Å². The van der Waals surface area contributed by atoms with Crippen LogP contribution in [0.3, 0.4) is 0 Å². The Morgan fingerprint density at radius 2 is 1.79 bits per heavy atom. The Kier molecular flexibility index (Phi) is 7.94. The predicted molar refractivity (Wildman–Crippen MR) is 103 cm³/mol. The van der Waals surface area contributed by atoms with Gasteiger partial charge in [-0.1, -0.05) is 6.92 Å². The van der Waals surface area contributed by atoms with Crippen molar-refractivity contribution in [3.63, 3.8) is 0 Å². The molecule has 0 aromatic carbocycles. The summed E-state index contributed by atoms with van der Waals surface area (Å²) in [5.41, 5.74) is 1.15. The maximum Gasteiger partial charge on any atom is 0.191 e. The van der Waals surface area contributed by atoms with Gasteiger partial charge in [-0.25, -0.2) is 4.98 Å². The summed E-state index contributed by atoms with van der Waals surface area (Å²) in [6.45, 7) is 15.2. The summed E-state index contributed by atoms with van der Waals surface area (Å²) in [4.78, 5) is 15.2. The molecule has 0 saturated carbocycles. The summed E-state index contributed by atoms with van der Waals surface area (Å²) in [6.07, 6.45) is 0.943. The molecule has 7 heteroatoms. The van der Waals surface area contributed by atoms with Crippen molar-refractivity contribution in [2.45, 2.75) is 27.2 Å². The molecule has 1 aliphatic rings. The first-order valence-electron chi connectivity index (χ1n) is 8.94. The molecule has 2 heterocycles. The highest BCUT2D eigenvalue weighted by Gasteiger charge is 2.14. The van der Waals surface area contributed by atoms with Crippen molar-refractivity contribution in [2.24, 2.45) is 4.99 Å². The van der Waals surface area contributed by atoms with Crippen LogP contribution in [0.25, 0.3) is 0 Å². The van der Waals surface area contributed by atoms with Gasteiger partial charge in [0.1, 0.15) is 0 Å². The number of rotatable bonds is 7. The van der Waals surface area contributed by atoms with Gasteiger partial charge >= 0.3 is 0 Å². The standard InChI is InChI=1S/C17H32N6S/c1-5-22-10-12-23(13-11-22)9-8-20-17(18-4)19-7-6-16-21-14(2)15(3)24-16/h5-13H2,1-4H3,(H2,18,19,20). The third kappa shape index (κ3) is 6.03. The first-order chi connectivity index (χ1) is 11.6. The molecule has 24 heavy (non-hydrogen) atoms. The molecule has 0 amide bonds. The van der Waals surface area contributed by atoms with Crippen LogP contribution < -0.4 is 10.6 Å². The number of thiazole rings is 1. The molecule has 0 spiro atoms. The normalized spacial score (nSPS) is 17.2. The lowest BCUT2D eigenvalue weighted by Crippen LogP contribution is -2.49. The van der Waals surface area contributed by atoms with E-state index in [9.17, 15) is 0 Å². The molecule has 0 atom stereocenters. The molecular weight excluding hydrogens is 320 g/mol. The maximum atomic E-state index is 4.58. The third-order valence-electron chi connectivity index (χ3n) is 4.56. The van der Waals surface area contributed by atoms with Crippen LogP contribution in [0.4, 0.5) is 0 Å². The zero-order valence-electron chi connectivity index (χ0n) is 15.6. The van der Waals surface area contributed by atoms with Gasteiger partial charge < -0.3 is 15.5 Å². The summed E-state index contributed by atoms with van der Waals surface area (Å²) in [5, 5.41) is 7.99. The van der Waals surface area contributed by atoms with Gasteiger partial charge in [0.05, 0.1) is 10.7 Å². The molecule has 6 nitrogen and oxygen atoms in total. The minimum Gasteiger partial charge on any atom is -0.356 e. The summed E-state index contributed by atoms with van der Waals surface area (Å²) in [7, 11) is 1.83. The molecule has 2 N–H and O–H groups in total. The van der Waals surface area contributed by atoms with E-state index in [-0.39, 0.29) is 0 Å². The lowest BCUT2D eigenvalue weighted by Gasteiger charge is -2.34. The second-order valence-corrected chi connectivity index (χ2v) is 7.49.